The summed E-state index contributed by atoms with van der Waals surface area (Å²) in [4.78, 5) is 16.8. The average molecular weight is 452 g/mol. The van der Waals surface area contributed by atoms with E-state index >= 15 is 0 Å². The van der Waals surface area contributed by atoms with Gasteiger partial charge in [-0.25, -0.2) is 9.37 Å². The lowest BCUT2D eigenvalue weighted by Crippen LogP contribution is -2.04. The highest BCUT2D eigenvalue weighted by atomic mass is 19.1. The molecule has 168 valence electrons. The number of para-hydroxylation sites is 1. The Morgan fingerprint density at radius 2 is 1.88 bits per heavy atom. The van der Waals surface area contributed by atoms with E-state index in [-0.39, 0.29) is 12.2 Å². The molecule has 0 spiro atoms. The van der Waals surface area contributed by atoms with Crippen LogP contribution >= 0.6 is 0 Å². The highest BCUT2D eigenvalue weighted by molar-refractivity contribution is 5.97. The van der Waals surface area contributed by atoms with Gasteiger partial charge in [0, 0.05) is 37.2 Å². The number of phenols is 1. The first-order valence-electron chi connectivity index (χ1n) is 10.9. The summed E-state index contributed by atoms with van der Waals surface area (Å²) >= 11 is 0. The molecule has 6 heteroatoms. The van der Waals surface area contributed by atoms with Gasteiger partial charge in [0.1, 0.15) is 0 Å². The molecule has 1 N–H and O–H groups in total. The molecule has 0 unspecified atom stereocenters. The van der Waals surface area contributed by atoms with E-state index in [4.69, 9.17) is 0 Å². The van der Waals surface area contributed by atoms with Gasteiger partial charge in [-0.15, -0.1) is 0 Å². The molecule has 34 heavy (non-hydrogen) atoms. The van der Waals surface area contributed by atoms with Gasteiger partial charge in [0.2, 0.25) is 0 Å². The Morgan fingerprint density at radius 3 is 2.65 bits per heavy atom. The molecule has 2 aromatic heterocycles. The van der Waals surface area contributed by atoms with Crippen molar-refractivity contribution in [2.75, 3.05) is 0 Å². The van der Waals surface area contributed by atoms with E-state index < -0.39 is 11.6 Å². The van der Waals surface area contributed by atoms with Crippen LogP contribution in [0.2, 0.25) is 0 Å². The zero-order chi connectivity index (χ0) is 23.5. The number of allylic oxidation sites excluding steroid dienone is 1. The van der Waals surface area contributed by atoms with Gasteiger partial charge in [0.15, 0.2) is 17.3 Å². The number of carbonyl (C=O) groups excluding carboxylic acids is 1. The molecule has 0 aliphatic rings. The number of imidazole rings is 1. The number of fused-ring (bicyclic) bond motifs is 1. The van der Waals surface area contributed by atoms with Gasteiger partial charge >= 0.3 is 0 Å². The van der Waals surface area contributed by atoms with Crippen LogP contribution in [0.25, 0.3) is 22.7 Å². The van der Waals surface area contributed by atoms with Crippen molar-refractivity contribution in [3.63, 3.8) is 0 Å². The maximum Gasteiger partial charge on any atom is 0.164 e. The standard InChI is InChI=1S/C28H22FN3O2/c29-26-11-7-20(16-27(26)34)6-10-25(33)17-23-3-1-2-22-12-14-31(28(22)23)18-21-4-8-24(9-5-21)32-15-13-30-19-32/h1-16,19,34H,17-18H2/b10-6+. The summed E-state index contributed by atoms with van der Waals surface area (Å²) in [6.45, 7) is 0.684. The van der Waals surface area contributed by atoms with Gasteiger partial charge in [-0.2, -0.15) is 0 Å². The van der Waals surface area contributed by atoms with Gasteiger partial charge in [0.25, 0.3) is 0 Å². The summed E-state index contributed by atoms with van der Waals surface area (Å²) in [6.07, 6.45) is 10.8. The highest BCUT2D eigenvalue weighted by Gasteiger charge is 2.10. The topological polar surface area (TPSA) is 60.0 Å². The molecule has 0 aliphatic carbocycles. The lowest BCUT2D eigenvalue weighted by Gasteiger charge is -2.10. The second-order valence-corrected chi connectivity index (χ2v) is 8.12. The number of nitrogens with zero attached hydrogens (tertiary/aromatic N) is 3. The molecule has 0 aliphatic heterocycles. The van der Waals surface area contributed by atoms with Crippen LogP contribution in [-0.2, 0) is 17.8 Å². The Kier molecular flexibility index (Phi) is 5.79. The van der Waals surface area contributed by atoms with Gasteiger partial charge in [-0.1, -0.05) is 42.5 Å². The summed E-state index contributed by atoms with van der Waals surface area (Å²) < 4.78 is 17.4. The Hall–Kier alpha value is -4.45. The first-order valence-corrected chi connectivity index (χ1v) is 10.9. The van der Waals surface area contributed by atoms with Crippen molar-refractivity contribution >= 4 is 22.8 Å². The van der Waals surface area contributed by atoms with Crippen molar-refractivity contribution in [1.82, 2.24) is 14.1 Å². The second kappa shape index (κ2) is 9.19. The zero-order valence-electron chi connectivity index (χ0n) is 18.3. The minimum absolute atomic E-state index is 0.0752. The number of ketones is 1. The molecule has 5 rings (SSSR count). The fourth-order valence-electron chi connectivity index (χ4n) is 4.07. The van der Waals surface area contributed by atoms with Crippen molar-refractivity contribution in [3.05, 3.63) is 120 Å². The van der Waals surface area contributed by atoms with Crippen molar-refractivity contribution < 1.29 is 14.3 Å². The second-order valence-electron chi connectivity index (χ2n) is 8.12. The summed E-state index contributed by atoms with van der Waals surface area (Å²) in [6, 6.07) is 20.3. The van der Waals surface area contributed by atoms with Crippen LogP contribution in [0.3, 0.4) is 0 Å². The first-order chi connectivity index (χ1) is 16.6. The van der Waals surface area contributed by atoms with Crippen LogP contribution in [-0.4, -0.2) is 25.0 Å². The molecule has 0 fully saturated rings. The molecule has 0 saturated heterocycles. The van der Waals surface area contributed by atoms with Crippen LogP contribution < -0.4 is 0 Å². The SMILES string of the molecule is O=C(/C=C/c1ccc(F)c(O)c1)Cc1cccc2ccn(Cc3ccc(-n4ccnc4)cc3)c12. The van der Waals surface area contributed by atoms with Crippen molar-refractivity contribution in [2.45, 2.75) is 13.0 Å². The molecule has 2 heterocycles. The van der Waals surface area contributed by atoms with Gasteiger partial charge < -0.3 is 14.2 Å². The fraction of sp³-hybridized carbons (Fsp3) is 0.0714. The highest BCUT2D eigenvalue weighted by Crippen LogP contribution is 2.23. The quantitative estimate of drug-likeness (QED) is 0.330. The van der Waals surface area contributed by atoms with Crippen LogP contribution in [0.1, 0.15) is 16.7 Å². The van der Waals surface area contributed by atoms with E-state index in [9.17, 15) is 14.3 Å². The van der Waals surface area contributed by atoms with E-state index in [1.54, 1.807) is 18.6 Å². The largest absolute Gasteiger partial charge is 0.505 e. The Balaban J connectivity index is 1.35. The monoisotopic (exact) mass is 451 g/mol. The van der Waals surface area contributed by atoms with E-state index in [2.05, 4.69) is 39.9 Å². The number of halogens is 1. The van der Waals surface area contributed by atoms with Crippen molar-refractivity contribution in [2.24, 2.45) is 0 Å². The van der Waals surface area contributed by atoms with Crippen molar-refractivity contribution in [3.8, 4) is 11.4 Å². The Labute approximate surface area is 196 Å². The molecule has 5 aromatic rings. The third kappa shape index (κ3) is 4.52. The molecule has 0 radical (unpaired) electrons. The van der Waals surface area contributed by atoms with E-state index in [1.165, 1.54) is 24.3 Å². The zero-order valence-corrected chi connectivity index (χ0v) is 18.3. The molecule has 0 bridgehead atoms. The molecule has 0 atom stereocenters. The normalized spacial score (nSPS) is 11.4. The first kappa shape index (κ1) is 21.4. The Morgan fingerprint density at radius 1 is 1.03 bits per heavy atom. The number of aromatic hydroxyl groups is 1. The van der Waals surface area contributed by atoms with E-state index in [1.807, 2.05) is 35.2 Å². The molecule has 0 amide bonds. The molecular formula is C28H22FN3O2. The van der Waals surface area contributed by atoms with Crippen LogP contribution in [0, 0.1) is 5.82 Å². The van der Waals surface area contributed by atoms with E-state index in [0.29, 0.717) is 12.1 Å². The van der Waals surface area contributed by atoms with Crippen LogP contribution in [0.4, 0.5) is 4.39 Å². The number of hydrogen-bond acceptors (Lipinski definition) is 3. The maximum absolute atomic E-state index is 13.2. The predicted octanol–water partition coefficient (Wildman–Crippen LogP) is 5.55. The third-order valence-corrected chi connectivity index (χ3v) is 5.76. The predicted molar refractivity (Wildman–Crippen MR) is 130 cm³/mol. The maximum atomic E-state index is 13.2. The molecule has 0 saturated carbocycles. The van der Waals surface area contributed by atoms with Crippen LogP contribution in [0.5, 0.6) is 5.75 Å². The van der Waals surface area contributed by atoms with Crippen LogP contribution in [0.15, 0.2) is 97.7 Å². The number of hydrogen-bond donors (Lipinski definition) is 1. The number of phenolic OH excluding ortho intramolecular Hbond substituents is 1. The molecule has 3 aromatic carbocycles. The van der Waals surface area contributed by atoms with Crippen molar-refractivity contribution in [1.29, 1.82) is 0 Å². The lowest BCUT2D eigenvalue weighted by molar-refractivity contribution is -0.113. The Bertz CT molecular complexity index is 1480. The minimum Gasteiger partial charge on any atom is -0.505 e. The summed E-state index contributed by atoms with van der Waals surface area (Å²) in [7, 11) is 0. The number of carbonyl (C=O) groups is 1. The summed E-state index contributed by atoms with van der Waals surface area (Å²) in [5.74, 6) is -1.20. The summed E-state index contributed by atoms with van der Waals surface area (Å²) in [5, 5.41) is 10.6. The number of aromatic nitrogens is 3. The third-order valence-electron chi connectivity index (χ3n) is 5.76. The molecular weight excluding hydrogens is 429 g/mol. The van der Waals surface area contributed by atoms with Gasteiger partial charge in [-0.05, 0) is 58.5 Å². The number of rotatable bonds is 7. The minimum atomic E-state index is -0.688. The molecule has 5 nitrogen and oxygen atoms in total. The lowest BCUT2D eigenvalue weighted by atomic mass is 10.0. The fourth-order valence-corrected chi connectivity index (χ4v) is 4.07. The van der Waals surface area contributed by atoms with Gasteiger partial charge in [0.05, 0.1) is 11.8 Å². The summed E-state index contributed by atoms with van der Waals surface area (Å²) in [5.41, 5.74) is 4.73. The van der Waals surface area contributed by atoms with Gasteiger partial charge in [-0.3, -0.25) is 4.79 Å². The average Bonchev–Trinajstić information content (AvgIpc) is 3.52. The smallest absolute Gasteiger partial charge is 0.164 e. The van der Waals surface area contributed by atoms with E-state index in [0.717, 1.165) is 27.7 Å². The number of benzene rings is 3.